The minimum Gasteiger partial charge on any atom is -0.342 e. The lowest BCUT2D eigenvalue weighted by Crippen LogP contribution is -2.64. The number of rotatable bonds is 4. The van der Waals surface area contributed by atoms with Crippen LogP contribution in [0.4, 0.5) is 13.2 Å². The summed E-state index contributed by atoms with van der Waals surface area (Å²) in [5, 5.41) is 2.64. The van der Waals surface area contributed by atoms with E-state index in [1.807, 2.05) is 0 Å². The van der Waals surface area contributed by atoms with Crippen LogP contribution >= 0.6 is 0 Å². The van der Waals surface area contributed by atoms with Crippen molar-refractivity contribution in [2.45, 2.75) is 50.9 Å². The largest absolute Gasteiger partial charge is 0.390 e. The van der Waals surface area contributed by atoms with Gasteiger partial charge in [0.15, 0.2) is 0 Å². The average molecular weight is 278 g/mol. The number of alkyl halides is 3. The van der Waals surface area contributed by atoms with Crippen molar-refractivity contribution in [2.75, 3.05) is 6.54 Å². The first-order valence-electron chi connectivity index (χ1n) is 6.51. The minimum atomic E-state index is -4.32. The minimum absolute atomic E-state index is 0.0997. The van der Waals surface area contributed by atoms with Crippen molar-refractivity contribution in [2.24, 2.45) is 5.92 Å². The second kappa shape index (κ2) is 5.02. The van der Waals surface area contributed by atoms with Gasteiger partial charge in [-0.15, -0.1) is 0 Å². The third-order valence-electron chi connectivity index (χ3n) is 3.64. The van der Waals surface area contributed by atoms with Crippen LogP contribution in [0.15, 0.2) is 0 Å². The summed E-state index contributed by atoms with van der Waals surface area (Å²) in [7, 11) is 0. The highest BCUT2D eigenvalue weighted by Gasteiger charge is 2.46. The predicted octanol–water partition coefficient (Wildman–Crippen LogP) is 1.45. The Hall–Kier alpha value is -1.27. The molecule has 108 valence electrons. The van der Waals surface area contributed by atoms with Crippen molar-refractivity contribution >= 4 is 11.8 Å². The van der Waals surface area contributed by atoms with Crippen LogP contribution in [0, 0.1) is 5.92 Å². The molecule has 0 aromatic heterocycles. The highest BCUT2D eigenvalue weighted by Crippen LogP contribution is 2.35. The first-order chi connectivity index (χ1) is 8.83. The summed E-state index contributed by atoms with van der Waals surface area (Å²) in [5.41, 5.74) is 0. The van der Waals surface area contributed by atoms with Gasteiger partial charge in [-0.25, -0.2) is 0 Å². The van der Waals surface area contributed by atoms with Gasteiger partial charge in [-0.2, -0.15) is 13.2 Å². The Morgan fingerprint density at radius 2 is 1.95 bits per heavy atom. The average Bonchev–Trinajstić information content (AvgIpc) is 3.12. The van der Waals surface area contributed by atoms with E-state index >= 15 is 0 Å². The van der Waals surface area contributed by atoms with Gasteiger partial charge >= 0.3 is 6.18 Å². The maximum absolute atomic E-state index is 12.3. The van der Waals surface area contributed by atoms with Gasteiger partial charge < -0.3 is 10.2 Å². The number of piperazine rings is 1. The molecule has 0 aromatic carbocycles. The molecule has 0 aromatic rings. The summed E-state index contributed by atoms with van der Waals surface area (Å²) < 4.78 is 36.9. The molecule has 2 atom stereocenters. The lowest BCUT2D eigenvalue weighted by molar-refractivity contribution is -0.158. The molecule has 0 radical (unpaired) electrons. The van der Waals surface area contributed by atoms with Crippen LogP contribution in [0.2, 0.25) is 0 Å². The molecular weight excluding hydrogens is 261 g/mol. The zero-order chi connectivity index (χ0) is 14.2. The Labute approximate surface area is 109 Å². The summed E-state index contributed by atoms with van der Waals surface area (Å²) >= 11 is 0. The van der Waals surface area contributed by atoms with Gasteiger partial charge in [0.25, 0.3) is 0 Å². The molecule has 1 aliphatic heterocycles. The van der Waals surface area contributed by atoms with Crippen LogP contribution in [0.1, 0.15) is 32.6 Å². The fourth-order valence-electron chi connectivity index (χ4n) is 2.45. The Bertz CT molecular complexity index is 380. The number of hydrogen-bond acceptors (Lipinski definition) is 2. The maximum Gasteiger partial charge on any atom is 0.390 e. The molecular formula is C12H17F3N2O2. The van der Waals surface area contributed by atoms with Crippen molar-refractivity contribution in [3.8, 4) is 0 Å². The topological polar surface area (TPSA) is 49.4 Å². The zero-order valence-corrected chi connectivity index (χ0v) is 10.7. The van der Waals surface area contributed by atoms with E-state index in [0.29, 0.717) is 6.42 Å². The third-order valence-corrected chi connectivity index (χ3v) is 3.64. The van der Waals surface area contributed by atoms with Crippen molar-refractivity contribution < 1.29 is 22.8 Å². The summed E-state index contributed by atoms with van der Waals surface area (Å²) in [6, 6.07) is -1.40. The van der Waals surface area contributed by atoms with Gasteiger partial charge in [-0.3, -0.25) is 9.59 Å². The molecule has 2 aliphatic rings. The predicted molar refractivity (Wildman–Crippen MR) is 61.1 cm³/mol. The first kappa shape index (κ1) is 14.1. The molecule has 1 heterocycles. The number of amides is 2. The second-order valence-corrected chi connectivity index (χ2v) is 5.14. The Kier molecular flexibility index (Phi) is 3.73. The molecule has 2 amide bonds. The normalized spacial score (nSPS) is 28.5. The number of hydrogen-bond donors (Lipinski definition) is 1. The molecule has 7 heteroatoms. The molecule has 2 fully saturated rings. The van der Waals surface area contributed by atoms with Gasteiger partial charge in [-0.1, -0.05) is 6.92 Å². The van der Waals surface area contributed by atoms with E-state index in [4.69, 9.17) is 0 Å². The SMILES string of the molecule is CCC1C(=O)NC(C2CC2)C(=O)N1CCC(F)(F)F. The van der Waals surface area contributed by atoms with Crippen molar-refractivity contribution in [1.29, 1.82) is 0 Å². The zero-order valence-electron chi connectivity index (χ0n) is 10.7. The van der Waals surface area contributed by atoms with E-state index in [1.54, 1.807) is 6.92 Å². The molecule has 1 saturated heterocycles. The molecule has 4 nitrogen and oxygen atoms in total. The van der Waals surface area contributed by atoms with Crippen molar-refractivity contribution in [3.63, 3.8) is 0 Å². The molecule has 2 unspecified atom stereocenters. The Balaban J connectivity index is 2.09. The molecule has 1 saturated carbocycles. The smallest absolute Gasteiger partial charge is 0.342 e. The van der Waals surface area contributed by atoms with E-state index in [9.17, 15) is 22.8 Å². The van der Waals surface area contributed by atoms with Crippen LogP contribution in [0.5, 0.6) is 0 Å². The van der Waals surface area contributed by atoms with E-state index in [1.165, 1.54) is 0 Å². The standard InChI is InChI=1S/C12H17F3N2O2/c1-2-8-10(18)16-9(7-3-4-7)11(19)17(8)6-5-12(13,14)15/h7-9H,2-6H2,1H3,(H,16,18). The summed E-state index contributed by atoms with van der Waals surface area (Å²) in [6.45, 7) is 1.26. The Morgan fingerprint density at radius 1 is 1.32 bits per heavy atom. The summed E-state index contributed by atoms with van der Waals surface area (Å²) in [6.07, 6.45) is -3.37. The lowest BCUT2D eigenvalue weighted by Gasteiger charge is -2.39. The molecule has 2 rings (SSSR count). The fraction of sp³-hybridized carbons (Fsp3) is 0.833. The highest BCUT2D eigenvalue weighted by molar-refractivity contribution is 5.97. The van der Waals surface area contributed by atoms with E-state index in [-0.39, 0.29) is 17.7 Å². The Morgan fingerprint density at radius 3 is 2.42 bits per heavy atom. The molecule has 0 bridgehead atoms. The molecule has 1 N–H and O–H groups in total. The van der Waals surface area contributed by atoms with E-state index < -0.39 is 31.2 Å². The van der Waals surface area contributed by atoms with Gasteiger partial charge in [0.2, 0.25) is 11.8 Å². The van der Waals surface area contributed by atoms with E-state index in [0.717, 1.165) is 17.7 Å². The number of carbonyl (C=O) groups excluding carboxylic acids is 2. The van der Waals surface area contributed by atoms with Gasteiger partial charge in [0.1, 0.15) is 12.1 Å². The van der Waals surface area contributed by atoms with Gasteiger partial charge in [0, 0.05) is 6.54 Å². The van der Waals surface area contributed by atoms with Crippen LogP contribution in [0.3, 0.4) is 0 Å². The summed E-state index contributed by atoms with van der Waals surface area (Å²) in [4.78, 5) is 25.2. The first-order valence-corrected chi connectivity index (χ1v) is 6.51. The maximum atomic E-state index is 12.3. The quantitative estimate of drug-likeness (QED) is 0.846. The van der Waals surface area contributed by atoms with Gasteiger partial charge in [-0.05, 0) is 25.2 Å². The number of nitrogens with one attached hydrogen (secondary N) is 1. The van der Waals surface area contributed by atoms with Crippen LogP contribution in [-0.4, -0.2) is 41.5 Å². The number of halogens is 3. The van der Waals surface area contributed by atoms with Crippen LogP contribution in [-0.2, 0) is 9.59 Å². The number of carbonyl (C=O) groups is 2. The third kappa shape index (κ3) is 3.19. The summed E-state index contributed by atoms with van der Waals surface area (Å²) in [5.74, 6) is -0.595. The number of nitrogens with zero attached hydrogens (tertiary/aromatic N) is 1. The molecule has 19 heavy (non-hydrogen) atoms. The van der Waals surface area contributed by atoms with Crippen molar-refractivity contribution in [3.05, 3.63) is 0 Å². The molecule has 1 aliphatic carbocycles. The van der Waals surface area contributed by atoms with E-state index in [2.05, 4.69) is 5.32 Å². The van der Waals surface area contributed by atoms with Gasteiger partial charge in [0.05, 0.1) is 6.42 Å². The van der Waals surface area contributed by atoms with Crippen LogP contribution < -0.4 is 5.32 Å². The van der Waals surface area contributed by atoms with Crippen LogP contribution in [0.25, 0.3) is 0 Å². The highest BCUT2D eigenvalue weighted by atomic mass is 19.4. The lowest BCUT2D eigenvalue weighted by atomic mass is 10.0. The molecule has 0 spiro atoms. The second-order valence-electron chi connectivity index (χ2n) is 5.14. The monoisotopic (exact) mass is 278 g/mol. The van der Waals surface area contributed by atoms with Crippen molar-refractivity contribution in [1.82, 2.24) is 10.2 Å². The fourth-order valence-corrected chi connectivity index (χ4v) is 2.45.